The molecule has 1 aromatic carbocycles. The minimum Gasteiger partial charge on any atom is -0.369 e. The third-order valence-corrected chi connectivity index (χ3v) is 4.90. The average Bonchev–Trinajstić information content (AvgIpc) is 2.46. The van der Waals surface area contributed by atoms with Crippen molar-refractivity contribution in [2.45, 2.75) is 24.7 Å². The quantitative estimate of drug-likeness (QED) is 0.668. The molecule has 2 rings (SSSR count). The molecule has 0 radical (unpaired) electrons. The summed E-state index contributed by atoms with van der Waals surface area (Å²) in [6.45, 7) is 4.87. The topological polar surface area (TPSA) is 76.6 Å². The largest absolute Gasteiger partial charge is 0.369 e. The summed E-state index contributed by atoms with van der Waals surface area (Å²) in [5, 5.41) is 2.96. The van der Waals surface area contributed by atoms with E-state index in [-0.39, 0.29) is 17.6 Å². The summed E-state index contributed by atoms with van der Waals surface area (Å²) in [5.41, 5.74) is 5.93. The normalized spacial score (nSPS) is 21.3. The second kappa shape index (κ2) is 8.19. The molecule has 1 aliphatic rings. The van der Waals surface area contributed by atoms with Gasteiger partial charge in [-0.1, -0.05) is 19.1 Å². The van der Waals surface area contributed by atoms with Crippen molar-refractivity contribution < 1.29 is 14.5 Å². The third kappa shape index (κ3) is 5.35. The van der Waals surface area contributed by atoms with Gasteiger partial charge < -0.3 is 16.0 Å². The van der Waals surface area contributed by atoms with Gasteiger partial charge in [-0.2, -0.15) is 0 Å². The van der Waals surface area contributed by atoms with Crippen molar-refractivity contribution in [2.24, 2.45) is 11.7 Å². The standard InChI is InChI=1S/C16H23N3O2S/c1-12-5-4-8-19(9-12)10-16(21)18-13-6-2-3-7-14(13)22-11-15(17)20/h2-3,6-7,12H,4-5,8-11H2,1H3,(H2,17,20)(H,18,21)/p+1/t12-/m0/s1. The van der Waals surface area contributed by atoms with Gasteiger partial charge in [0.15, 0.2) is 6.54 Å². The Morgan fingerprint density at radius 1 is 1.41 bits per heavy atom. The number of hydrogen-bond acceptors (Lipinski definition) is 3. The highest BCUT2D eigenvalue weighted by atomic mass is 32.2. The zero-order valence-electron chi connectivity index (χ0n) is 12.9. The molecule has 1 aliphatic heterocycles. The number of likely N-dealkylation sites (tertiary alicyclic amines) is 1. The first-order chi connectivity index (χ1) is 10.5. The molecule has 120 valence electrons. The smallest absolute Gasteiger partial charge is 0.279 e. The van der Waals surface area contributed by atoms with Crippen LogP contribution in [0.3, 0.4) is 0 Å². The Balaban J connectivity index is 1.91. The number of quaternary nitrogens is 1. The maximum Gasteiger partial charge on any atom is 0.279 e. The molecule has 6 heteroatoms. The van der Waals surface area contributed by atoms with Gasteiger partial charge in [-0.3, -0.25) is 9.59 Å². The lowest BCUT2D eigenvalue weighted by atomic mass is 10.0. The highest BCUT2D eigenvalue weighted by molar-refractivity contribution is 8.00. The van der Waals surface area contributed by atoms with Crippen molar-refractivity contribution in [2.75, 3.05) is 30.7 Å². The molecule has 4 N–H and O–H groups in total. The number of primary amides is 1. The van der Waals surface area contributed by atoms with E-state index in [0.717, 1.165) is 23.7 Å². The van der Waals surface area contributed by atoms with Crippen LogP contribution in [0.25, 0.3) is 0 Å². The summed E-state index contributed by atoms with van der Waals surface area (Å²) < 4.78 is 0. The maximum absolute atomic E-state index is 12.2. The van der Waals surface area contributed by atoms with Crippen LogP contribution in [0.5, 0.6) is 0 Å². The molecule has 5 nitrogen and oxygen atoms in total. The van der Waals surface area contributed by atoms with E-state index in [4.69, 9.17) is 5.73 Å². The Morgan fingerprint density at radius 2 is 2.18 bits per heavy atom. The number of carbonyl (C=O) groups excluding carboxylic acids is 2. The van der Waals surface area contributed by atoms with Gasteiger partial charge >= 0.3 is 0 Å². The zero-order chi connectivity index (χ0) is 15.9. The molecule has 1 fully saturated rings. The van der Waals surface area contributed by atoms with Crippen LogP contribution in [0, 0.1) is 5.92 Å². The average molecular weight is 322 g/mol. The van der Waals surface area contributed by atoms with Crippen LogP contribution in [-0.2, 0) is 9.59 Å². The fourth-order valence-corrected chi connectivity index (χ4v) is 3.57. The van der Waals surface area contributed by atoms with E-state index in [9.17, 15) is 9.59 Å². The van der Waals surface area contributed by atoms with Crippen LogP contribution in [0.2, 0.25) is 0 Å². The van der Waals surface area contributed by atoms with Gasteiger partial charge in [0.25, 0.3) is 5.91 Å². The van der Waals surface area contributed by atoms with E-state index in [1.165, 1.54) is 29.5 Å². The van der Waals surface area contributed by atoms with Crippen molar-refractivity contribution in [1.82, 2.24) is 0 Å². The van der Waals surface area contributed by atoms with Gasteiger partial charge in [-0.25, -0.2) is 0 Å². The van der Waals surface area contributed by atoms with Gasteiger partial charge in [0.05, 0.1) is 24.5 Å². The molecule has 0 saturated carbocycles. The van der Waals surface area contributed by atoms with E-state index < -0.39 is 0 Å². The van der Waals surface area contributed by atoms with E-state index in [1.807, 2.05) is 24.3 Å². The lowest BCUT2D eigenvalue weighted by Gasteiger charge is -2.27. The van der Waals surface area contributed by atoms with Crippen LogP contribution in [0.4, 0.5) is 5.69 Å². The summed E-state index contributed by atoms with van der Waals surface area (Å²) in [7, 11) is 0. The highest BCUT2D eigenvalue weighted by Crippen LogP contribution is 2.26. The number of nitrogens with two attached hydrogens (primary N) is 1. The predicted molar refractivity (Wildman–Crippen MR) is 89.0 cm³/mol. The number of benzene rings is 1. The van der Waals surface area contributed by atoms with Gasteiger partial charge in [-0.05, 0) is 25.0 Å². The third-order valence-electron chi connectivity index (χ3n) is 3.81. The number of carbonyl (C=O) groups is 2. The Labute approximate surface area is 135 Å². The van der Waals surface area contributed by atoms with Crippen LogP contribution in [0.15, 0.2) is 29.2 Å². The number of nitrogens with one attached hydrogen (secondary N) is 2. The predicted octanol–water partition coefficient (Wildman–Crippen LogP) is 0.517. The zero-order valence-corrected chi connectivity index (χ0v) is 13.7. The summed E-state index contributed by atoms with van der Waals surface area (Å²) in [6, 6.07) is 7.50. The molecule has 1 unspecified atom stereocenters. The molecule has 2 amide bonds. The second-order valence-corrected chi connectivity index (χ2v) is 6.94. The molecular weight excluding hydrogens is 298 g/mol. The Kier molecular flexibility index (Phi) is 6.27. The maximum atomic E-state index is 12.2. The van der Waals surface area contributed by atoms with E-state index in [1.54, 1.807) is 0 Å². The number of amides is 2. The van der Waals surface area contributed by atoms with Gasteiger partial charge in [0, 0.05) is 10.8 Å². The van der Waals surface area contributed by atoms with Crippen LogP contribution in [-0.4, -0.2) is 37.2 Å². The number of para-hydroxylation sites is 1. The summed E-state index contributed by atoms with van der Waals surface area (Å²) in [6.07, 6.45) is 2.45. The van der Waals surface area contributed by atoms with Gasteiger partial charge in [-0.15, -0.1) is 11.8 Å². The minimum absolute atomic E-state index is 0.0243. The molecule has 2 atom stereocenters. The fourth-order valence-electron chi connectivity index (χ4n) is 2.82. The van der Waals surface area contributed by atoms with Crippen molar-refractivity contribution >= 4 is 29.3 Å². The van der Waals surface area contributed by atoms with E-state index >= 15 is 0 Å². The fraction of sp³-hybridized carbons (Fsp3) is 0.500. The summed E-state index contributed by atoms with van der Waals surface area (Å²) in [5.74, 6) is 0.561. The molecule has 22 heavy (non-hydrogen) atoms. The monoisotopic (exact) mass is 322 g/mol. The summed E-state index contributed by atoms with van der Waals surface area (Å²) >= 11 is 1.35. The van der Waals surface area contributed by atoms with Crippen molar-refractivity contribution in [1.29, 1.82) is 0 Å². The van der Waals surface area contributed by atoms with Crippen LogP contribution < -0.4 is 16.0 Å². The van der Waals surface area contributed by atoms with Gasteiger partial charge in [0.2, 0.25) is 5.91 Å². The van der Waals surface area contributed by atoms with Crippen molar-refractivity contribution in [3.05, 3.63) is 24.3 Å². The molecule has 0 aromatic heterocycles. The molecule has 0 spiro atoms. The minimum atomic E-state index is -0.363. The number of rotatable bonds is 6. The van der Waals surface area contributed by atoms with Crippen LogP contribution >= 0.6 is 11.8 Å². The molecular formula is C16H24N3O2S+. The van der Waals surface area contributed by atoms with Crippen LogP contribution in [0.1, 0.15) is 19.8 Å². The SMILES string of the molecule is C[C@H]1CCC[NH+](CC(=O)Nc2ccccc2SCC(N)=O)C1. The summed E-state index contributed by atoms with van der Waals surface area (Å²) in [4.78, 5) is 25.4. The Morgan fingerprint density at radius 3 is 2.91 bits per heavy atom. The van der Waals surface area contributed by atoms with E-state index in [0.29, 0.717) is 12.5 Å². The number of piperidine rings is 1. The second-order valence-electron chi connectivity index (χ2n) is 5.93. The van der Waals surface area contributed by atoms with Crippen molar-refractivity contribution in [3.8, 4) is 0 Å². The number of anilines is 1. The first-order valence-corrected chi connectivity index (χ1v) is 8.66. The molecule has 1 aromatic rings. The molecule has 1 heterocycles. The molecule has 0 bridgehead atoms. The Hall–Kier alpha value is -1.53. The number of hydrogen-bond donors (Lipinski definition) is 3. The van der Waals surface area contributed by atoms with Gasteiger partial charge in [0.1, 0.15) is 0 Å². The first-order valence-electron chi connectivity index (χ1n) is 7.68. The molecule has 1 saturated heterocycles. The first kappa shape index (κ1) is 16.8. The lowest BCUT2D eigenvalue weighted by molar-refractivity contribution is -0.900. The highest BCUT2D eigenvalue weighted by Gasteiger charge is 2.22. The Bertz CT molecular complexity index is 536. The van der Waals surface area contributed by atoms with E-state index in [2.05, 4.69) is 12.2 Å². The molecule has 0 aliphatic carbocycles. The number of thioether (sulfide) groups is 1. The van der Waals surface area contributed by atoms with Crippen molar-refractivity contribution in [3.63, 3.8) is 0 Å². The lowest BCUT2D eigenvalue weighted by Crippen LogP contribution is -3.14.